The van der Waals surface area contributed by atoms with Crippen LogP contribution in [0.1, 0.15) is 20.8 Å². The van der Waals surface area contributed by atoms with Crippen molar-refractivity contribution < 1.29 is 4.79 Å². The molecule has 2 aromatic carbocycles. The van der Waals surface area contributed by atoms with Crippen LogP contribution in [0.4, 0.5) is 5.69 Å². The predicted octanol–water partition coefficient (Wildman–Crippen LogP) is 3.72. The highest BCUT2D eigenvalue weighted by Crippen LogP contribution is 2.27. The van der Waals surface area contributed by atoms with Crippen LogP contribution in [-0.2, 0) is 6.54 Å². The number of fused-ring (bicyclic) bond motifs is 1. The molecule has 4 heteroatoms. The topological polar surface area (TPSA) is 55.1 Å². The molecule has 0 unspecified atom stereocenters. The van der Waals surface area contributed by atoms with Gasteiger partial charge in [-0.1, -0.05) is 24.3 Å². The van der Waals surface area contributed by atoms with Gasteiger partial charge in [0, 0.05) is 16.9 Å². The summed E-state index contributed by atoms with van der Waals surface area (Å²) in [6, 6.07) is 15.6. The van der Waals surface area contributed by atoms with Crippen molar-refractivity contribution >= 4 is 33.0 Å². The Hall–Kier alpha value is -2.33. The van der Waals surface area contributed by atoms with Crippen molar-refractivity contribution in [2.75, 3.05) is 5.73 Å². The molecule has 0 atom stereocenters. The Kier molecular flexibility index (Phi) is 3.62. The number of nitrogen functional groups attached to an aromatic ring is 1. The monoisotopic (exact) mass is 296 g/mol. The summed E-state index contributed by atoms with van der Waals surface area (Å²) in [5.41, 5.74) is 8.80. The zero-order valence-electron chi connectivity index (χ0n) is 11.7. The number of nitrogens with two attached hydrogens (primary N) is 1. The molecule has 0 spiro atoms. The molecule has 3 aromatic rings. The summed E-state index contributed by atoms with van der Waals surface area (Å²) < 4.78 is 1.07. The van der Waals surface area contributed by atoms with Crippen LogP contribution in [0.25, 0.3) is 10.1 Å². The maximum Gasteiger partial charge on any atom is 0.261 e. The highest BCUT2D eigenvalue weighted by molar-refractivity contribution is 7.20. The van der Waals surface area contributed by atoms with E-state index in [1.54, 1.807) is 0 Å². The molecule has 1 aromatic heterocycles. The summed E-state index contributed by atoms with van der Waals surface area (Å²) in [4.78, 5) is 13.0. The summed E-state index contributed by atoms with van der Waals surface area (Å²) in [7, 11) is 0. The van der Waals surface area contributed by atoms with Gasteiger partial charge in [-0.15, -0.1) is 11.3 Å². The van der Waals surface area contributed by atoms with Crippen molar-refractivity contribution in [3.8, 4) is 0 Å². The van der Waals surface area contributed by atoms with Gasteiger partial charge in [-0.3, -0.25) is 4.79 Å². The third kappa shape index (κ3) is 2.90. The van der Waals surface area contributed by atoms with Gasteiger partial charge in [0.05, 0.1) is 4.88 Å². The first kappa shape index (κ1) is 13.6. The zero-order valence-corrected chi connectivity index (χ0v) is 12.5. The molecule has 3 nitrogen and oxygen atoms in total. The van der Waals surface area contributed by atoms with Crippen molar-refractivity contribution in [1.82, 2.24) is 5.32 Å². The maximum absolute atomic E-state index is 12.3. The van der Waals surface area contributed by atoms with Crippen LogP contribution in [-0.4, -0.2) is 5.91 Å². The van der Waals surface area contributed by atoms with E-state index < -0.39 is 0 Å². The third-order valence-electron chi connectivity index (χ3n) is 3.46. The number of carbonyl (C=O) groups excluding carboxylic acids is 1. The van der Waals surface area contributed by atoms with E-state index in [9.17, 15) is 4.79 Å². The number of carbonyl (C=O) groups is 1. The first-order chi connectivity index (χ1) is 10.1. The van der Waals surface area contributed by atoms with Crippen LogP contribution < -0.4 is 11.1 Å². The number of nitrogens with one attached hydrogen (secondary N) is 1. The molecule has 0 aliphatic heterocycles. The van der Waals surface area contributed by atoms with Gasteiger partial charge in [0.25, 0.3) is 5.91 Å². The van der Waals surface area contributed by atoms with E-state index >= 15 is 0 Å². The molecule has 0 radical (unpaired) electrons. The largest absolute Gasteiger partial charge is 0.399 e. The second kappa shape index (κ2) is 5.58. The van der Waals surface area contributed by atoms with E-state index in [4.69, 9.17) is 5.73 Å². The van der Waals surface area contributed by atoms with Crippen molar-refractivity contribution in [2.45, 2.75) is 13.5 Å². The second-order valence-corrected chi connectivity index (χ2v) is 6.10. The van der Waals surface area contributed by atoms with E-state index in [0.29, 0.717) is 17.1 Å². The molecule has 0 saturated carbocycles. The van der Waals surface area contributed by atoms with Crippen molar-refractivity contribution in [3.63, 3.8) is 0 Å². The fraction of sp³-hybridized carbons (Fsp3) is 0.118. The van der Waals surface area contributed by atoms with Gasteiger partial charge in [-0.25, -0.2) is 0 Å². The fourth-order valence-corrected chi connectivity index (χ4v) is 3.20. The minimum atomic E-state index is -0.0435. The molecule has 0 aliphatic rings. The summed E-state index contributed by atoms with van der Waals surface area (Å²) in [6.07, 6.45) is 0. The number of amides is 1. The predicted molar refractivity (Wildman–Crippen MR) is 88.6 cm³/mol. The Morgan fingerprint density at radius 2 is 2.00 bits per heavy atom. The summed E-state index contributed by atoms with van der Waals surface area (Å²) in [5, 5.41) is 3.99. The summed E-state index contributed by atoms with van der Waals surface area (Å²) in [5.74, 6) is -0.0435. The van der Waals surface area contributed by atoms with Crippen LogP contribution in [0, 0.1) is 6.92 Å². The zero-order chi connectivity index (χ0) is 14.8. The third-order valence-corrected chi connectivity index (χ3v) is 4.58. The Morgan fingerprint density at radius 1 is 1.19 bits per heavy atom. The first-order valence-corrected chi connectivity index (χ1v) is 7.57. The van der Waals surface area contributed by atoms with E-state index in [1.165, 1.54) is 16.9 Å². The first-order valence-electron chi connectivity index (χ1n) is 6.75. The lowest BCUT2D eigenvalue weighted by molar-refractivity contribution is 0.0955. The summed E-state index contributed by atoms with van der Waals surface area (Å²) in [6.45, 7) is 2.59. The van der Waals surface area contributed by atoms with Crippen molar-refractivity contribution in [3.05, 3.63) is 64.5 Å². The van der Waals surface area contributed by atoms with Gasteiger partial charge < -0.3 is 11.1 Å². The maximum atomic E-state index is 12.3. The van der Waals surface area contributed by atoms with E-state index in [2.05, 4.69) is 5.32 Å². The van der Waals surface area contributed by atoms with Gasteiger partial charge in [0.15, 0.2) is 0 Å². The molecule has 3 N–H and O–H groups in total. The molecule has 0 fully saturated rings. The van der Waals surface area contributed by atoms with Gasteiger partial charge >= 0.3 is 0 Å². The van der Waals surface area contributed by atoms with Gasteiger partial charge in [-0.2, -0.15) is 0 Å². The van der Waals surface area contributed by atoms with E-state index in [1.807, 2.05) is 55.5 Å². The van der Waals surface area contributed by atoms with E-state index in [-0.39, 0.29) is 5.91 Å². The number of thiophene rings is 1. The molecule has 0 saturated heterocycles. The average Bonchev–Trinajstić information content (AvgIpc) is 2.89. The highest BCUT2D eigenvalue weighted by Gasteiger charge is 2.10. The number of hydrogen-bond donors (Lipinski definition) is 2. The van der Waals surface area contributed by atoms with Gasteiger partial charge in [-0.05, 0) is 47.7 Å². The lowest BCUT2D eigenvalue weighted by Crippen LogP contribution is -2.22. The second-order valence-electron chi connectivity index (χ2n) is 5.02. The minimum Gasteiger partial charge on any atom is -0.399 e. The minimum absolute atomic E-state index is 0.0435. The van der Waals surface area contributed by atoms with Crippen molar-refractivity contribution in [1.29, 1.82) is 0 Å². The Morgan fingerprint density at radius 3 is 2.81 bits per heavy atom. The molecule has 0 aliphatic carbocycles. The number of benzene rings is 2. The lowest BCUT2D eigenvalue weighted by atomic mass is 10.1. The quantitative estimate of drug-likeness (QED) is 0.724. The smallest absolute Gasteiger partial charge is 0.261 e. The Bertz CT molecular complexity index is 807. The number of hydrogen-bond acceptors (Lipinski definition) is 3. The number of rotatable bonds is 3. The standard InChI is InChI=1S/C17H16N2OS/c1-11-4-2-3-5-12(11)10-19-17(20)16-9-13-8-14(18)6-7-15(13)21-16/h2-9H,10,18H2,1H3,(H,19,20). The lowest BCUT2D eigenvalue weighted by Gasteiger charge is -2.06. The van der Waals surface area contributed by atoms with Gasteiger partial charge in [0.2, 0.25) is 0 Å². The van der Waals surface area contributed by atoms with E-state index in [0.717, 1.165) is 15.6 Å². The van der Waals surface area contributed by atoms with Crippen molar-refractivity contribution in [2.24, 2.45) is 0 Å². The molecule has 3 rings (SSSR count). The molecule has 1 amide bonds. The molecule has 1 heterocycles. The normalized spacial score (nSPS) is 10.7. The SMILES string of the molecule is Cc1ccccc1CNC(=O)c1cc2cc(N)ccc2s1. The molecule has 21 heavy (non-hydrogen) atoms. The van der Waals surface area contributed by atoms with Crippen LogP contribution in [0.3, 0.4) is 0 Å². The molecular formula is C17H16N2OS. The average molecular weight is 296 g/mol. The van der Waals surface area contributed by atoms with Crippen LogP contribution in [0.2, 0.25) is 0 Å². The Balaban J connectivity index is 1.76. The van der Waals surface area contributed by atoms with Gasteiger partial charge in [0.1, 0.15) is 0 Å². The van der Waals surface area contributed by atoms with Crippen LogP contribution >= 0.6 is 11.3 Å². The molecular weight excluding hydrogens is 280 g/mol. The number of aryl methyl sites for hydroxylation is 1. The fourth-order valence-electron chi connectivity index (χ4n) is 2.24. The molecule has 106 valence electrons. The highest BCUT2D eigenvalue weighted by atomic mass is 32.1. The van der Waals surface area contributed by atoms with Crippen LogP contribution in [0.15, 0.2) is 48.5 Å². The summed E-state index contributed by atoms with van der Waals surface area (Å²) >= 11 is 1.49. The molecule has 0 bridgehead atoms. The number of anilines is 1. The van der Waals surface area contributed by atoms with Crippen LogP contribution in [0.5, 0.6) is 0 Å². The Labute approximate surface area is 127 Å².